The number of nitrogens with zero attached hydrogens (tertiary/aromatic N) is 1. The predicted molar refractivity (Wildman–Crippen MR) is 106 cm³/mol. The van der Waals surface area contributed by atoms with Crippen molar-refractivity contribution < 1.29 is 14.3 Å². The maximum atomic E-state index is 12.5. The van der Waals surface area contributed by atoms with E-state index in [1.54, 1.807) is 12.1 Å². The van der Waals surface area contributed by atoms with Crippen molar-refractivity contribution in [2.45, 2.75) is 32.6 Å². The monoisotopic (exact) mass is 397 g/mol. The Morgan fingerprint density at radius 1 is 1.36 bits per heavy atom. The molecule has 0 bridgehead atoms. The van der Waals surface area contributed by atoms with E-state index in [9.17, 15) is 9.59 Å². The average molecular weight is 398 g/mol. The van der Waals surface area contributed by atoms with Crippen LogP contribution in [0, 0.1) is 0 Å². The number of rotatable bonds is 8. The molecule has 7 heteroatoms. The summed E-state index contributed by atoms with van der Waals surface area (Å²) in [6.07, 6.45) is 4.41. The van der Waals surface area contributed by atoms with Gasteiger partial charge in [0.1, 0.15) is 4.32 Å². The van der Waals surface area contributed by atoms with Crippen LogP contribution in [0.15, 0.2) is 29.2 Å². The first-order chi connectivity index (χ1) is 12.0. The first-order valence-corrected chi connectivity index (χ1v) is 9.78. The van der Waals surface area contributed by atoms with E-state index in [4.69, 9.17) is 28.6 Å². The molecular weight excluding hydrogens is 378 g/mol. The van der Waals surface area contributed by atoms with Gasteiger partial charge in [-0.15, -0.1) is 0 Å². The molecule has 1 aliphatic rings. The first kappa shape index (κ1) is 19.9. The Balaban J connectivity index is 1.89. The van der Waals surface area contributed by atoms with Crippen LogP contribution in [0.3, 0.4) is 0 Å². The zero-order valence-electron chi connectivity index (χ0n) is 14.0. The second-order valence-electron chi connectivity index (χ2n) is 5.53. The first-order valence-electron chi connectivity index (χ1n) is 8.18. The largest absolute Gasteiger partial charge is 0.466 e. The summed E-state index contributed by atoms with van der Waals surface area (Å²) >= 11 is 12.7. The highest BCUT2D eigenvalue weighted by molar-refractivity contribution is 8.26. The van der Waals surface area contributed by atoms with Gasteiger partial charge < -0.3 is 4.74 Å². The molecule has 2 rings (SSSR count). The van der Waals surface area contributed by atoms with E-state index in [-0.39, 0.29) is 18.3 Å². The fourth-order valence-corrected chi connectivity index (χ4v) is 3.70. The molecule has 1 fully saturated rings. The molecule has 0 aromatic heterocycles. The van der Waals surface area contributed by atoms with Gasteiger partial charge in [-0.25, -0.2) is 0 Å². The van der Waals surface area contributed by atoms with Crippen LogP contribution < -0.4 is 0 Å². The average Bonchev–Trinajstić information content (AvgIpc) is 2.84. The normalized spacial score (nSPS) is 15.9. The van der Waals surface area contributed by atoms with E-state index in [1.807, 2.05) is 25.1 Å². The second-order valence-corrected chi connectivity index (χ2v) is 7.62. The summed E-state index contributed by atoms with van der Waals surface area (Å²) in [6, 6.07) is 7.33. The lowest BCUT2D eigenvalue weighted by molar-refractivity contribution is -0.144. The molecule has 0 aliphatic carbocycles. The molecule has 1 amide bonds. The van der Waals surface area contributed by atoms with E-state index in [0.29, 0.717) is 33.8 Å². The minimum atomic E-state index is -0.231. The summed E-state index contributed by atoms with van der Waals surface area (Å²) in [5.41, 5.74) is 0.782. The summed E-state index contributed by atoms with van der Waals surface area (Å²) < 4.78 is 5.61. The maximum Gasteiger partial charge on any atom is 0.305 e. The quantitative estimate of drug-likeness (QED) is 0.276. The number of halogens is 1. The number of esters is 1. The number of thioether (sulfide) groups is 1. The number of unbranched alkanes of at least 4 members (excludes halogenated alkanes) is 1. The summed E-state index contributed by atoms with van der Waals surface area (Å²) in [5, 5.41) is 0.586. The predicted octanol–water partition coefficient (Wildman–Crippen LogP) is 4.66. The van der Waals surface area contributed by atoms with Gasteiger partial charge in [0.2, 0.25) is 0 Å². The third kappa shape index (κ3) is 5.83. The summed E-state index contributed by atoms with van der Waals surface area (Å²) in [7, 11) is 0. The highest BCUT2D eigenvalue weighted by Gasteiger charge is 2.31. The van der Waals surface area contributed by atoms with Gasteiger partial charge in [0.25, 0.3) is 5.91 Å². The number of thiocarbonyl (C=S) groups is 1. The number of hydrogen-bond donors (Lipinski definition) is 0. The van der Waals surface area contributed by atoms with Crippen molar-refractivity contribution in [3.05, 3.63) is 39.8 Å². The molecule has 1 aromatic carbocycles. The number of ether oxygens (including phenoxy) is 1. The van der Waals surface area contributed by atoms with Crippen LogP contribution in [0.4, 0.5) is 0 Å². The van der Waals surface area contributed by atoms with Crippen molar-refractivity contribution >= 4 is 57.9 Å². The SMILES string of the molecule is CCCCOC(=O)CCCN1C(=O)/C(=C\c2ccccc2Cl)SC1=S. The molecule has 1 aromatic rings. The standard InChI is InChI=1S/C18H20ClNO3S2/c1-2-3-11-23-16(21)9-6-10-20-17(22)15(25-18(20)24)12-13-7-4-5-8-14(13)19/h4-5,7-8,12H,2-3,6,9-11H2,1H3/b15-12+. The fourth-order valence-electron chi connectivity index (χ4n) is 2.21. The number of benzene rings is 1. The molecule has 4 nitrogen and oxygen atoms in total. The van der Waals surface area contributed by atoms with Gasteiger partial charge in [-0.3, -0.25) is 14.5 Å². The summed E-state index contributed by atoms with van der Waals surface area (Å²) in [4.78, 5) is 26.2. The molecule has 1 heterocycles. The van der Waals surface area contributed by atoms with E-state index in [0.717, 1.165) is 18.4 Å². The molecule has 1 aliphatic heterocycles. The van der Waals surface area contributed by atoms with Gasteiger partial charge >= 0.3 is 5.97 Å². The Morgan fingerprint density at radius 2 is 2.12 bits per heavy atom. The van der Waals surface area contributed by atoms with Gasteiger partial charge in [0.05, 0.1) is 11.5 Å². The highest BCUT2D eigenvalue weighted by Crippen LogP contribution is 2.33. The fraction of sp³-hybridized carbons (Fsp3) is 0.389. The smallest absolute Gasteiger partial charge is 0.305 e. The minimum Gasteiger partial charge on any atom is -0.466 e. The minimum absolute atomic E-state index is 0.144. The van der Waals surface area contributed by atoms with E-state index in [2.05, 4.69) is 0 Å². The lowest BCUT2D eigenvalue weighted by atomic mass is 10.2. The Kier molecular flexibility index (Phi) is 7.93. The lowest BCUT2D eigenvalue weighted by Gasteiger charge is -2.13. The van der Waals surface area contributed by atoms with Crippen molar-refractivity contribution in [3.8, 4) is 0 Å². The van der Waals surface area contributed by atoms with Crippen molar-refractivity contribution in [2.24, 2.45) is 0 Å². The highest BCUT2D eigenvalue weighted by atomic mass is 35.5. The molecule has 0 atom stereocenters. The Bertz CT molecular complexity index is 691. The van der Waals surface area contributed by atoms with Crippen LogP contribution in [0.25, 0.3) is 6.08 Å². The molecule has 0 saturated carbocycles. The zero-order chi connectivity index (χ0) is 18.2. The molecule has 0 unspecified atom stereocenters. The van der Waals surface area contributed by atoms with Crippen LogP contribution in [0.1, 0.15) is 38.2 Å². The second kappa shape index (κ2) is 9.94. The van der Waals surface area contributed by atoms with Crippen LogP contribution >= 0.6 is 35.6 Å². The number of amides is 1. The molecule has 0 spiro atoms. The summed E-state index contributed by atoms with van der Waals surface area (Å²) in [5.74, 6) is -0.375. The third-order valence-corrected chi connectivity index (χ3v) is 5.31. The van der Waals surface area contributed by atoms with Crippen LogP contribution in [0.2, 0.25) is 5.02 Å². The molecule has 1 saturated heterocycles. The van der Waals surface area contributed by atoms with Crippen molar-refractivity contribution in [2.75, 3.05) is 13.2 Å². The van der Waals surface area contributed by atoms with Crippen molar-refractivity contribution in [3.63, 3.8) is 0 Å². The van der Waals surface area contributed by atoms with Gasteiger partial charge in [0, 0.05) is 18.0 Å². The van der Waals surface area contributed by atoms with Crippen LogP contribution in [0.5, 0.6) is 0 Å². The van der Waals surface area contributed by atoms with Crippen molar-refractivity contribution in [1.29, 1.82) is 0 Å². The number of carbonyl (C=O) groups excluding carboxylic acids is 2. The van der Waals surface area contributed by atoms with Crippen molar-refractivity contribution in [1.82, 2.24) is 4.90 Å². The Hall–Kier alpha value is -1.37. The lowest BCUT2D eigenvalue weighted by Crippen LogP contribution is -2.29. The van der Waals surface area contributed by atoms with E-state index >= 15 is 0 Å². The molecular formula is C18H20ClNO3S2. The maximum absolute atomic E-state index is 12.5. The molecule has 134 valence electrons. The molecule has 25 heavy (non-hydrogen) atoms. The molecule has 0 N–H and O–H groups in total. The van der Waals surface area contributed by atoms with Crippen LogP contribution in [-0.2, 0) is 14.3 Å². The van der Waals surface area contributed by atoms with Gasteiger partial charge in [-0.1, -0.05) is 67.1 Å². The van der Waals surface area contributed by atoms with E-state index in [1.165, 1.54) is 16.7 Å². The van der Waals surface area contributed by atoms with E-state index < -0.39 is 0 Å². The number of carbonyl (C=O) groups is 2. The summed E-state index contributed by atoms with van der Waals surface area (Å²) in [6.45, 7) is 2.91. The molecule has 0 radical (unpaired) electrons. The van der Waals surface area contributed by atoms with Gasteiger partial charge in [-0.2, -0.15) is 0 Å². The Labute approximate surface area is 162 Å². The zero-order valence-corrected chi connectivity index (χ0v) is 16.4. The van der Waals surface area contributed by atoms with Gasteiger partial charge in [0.15, 0.2) is 0 Å². The third-order valence-electron chi connectivity index (χ3n) is 3.59. The van der Waals surface area contributed by atoms with Gasteiger partial charge in [-0.05, 0) is 30.5 Å². The number of hydrogen-bond acceptors (Lipinski definition) is 5. The Morgan fingerprint density at radius 3 is 2.84 bits per heavy atom. The topological polar surface area (TPSA) is 46.6 Å². The van der Waals surface area contributed by atoms with Crippen LogP contribution in [-0.4, -0.2) is 34.2 Å².